The van der Waals surface area contributed by atoms with E-state index in [4.69, 9.17) is 9.72 Å². The van der Waals surface area contributed by atoms with Gasteiger partial charge in [0.15, 0.2) is 0 Å². The van der Waals surface area contributed by atoms with Gasteiger partial charge in [0.1, 0.15) is 0 Å². The predicted molar refractivity (Wildman–Crippen MR) is 291 cm³/mol. The van der Waals surface area contributed by atoms with Gasteiger partial charge >= 0.3 is 326 Å². The number of pyridine rings is 1. The van der Waals surface area contributed by atoms with Gasteiger partial charge in [0.05, 0.1) is 16.6 Å². The summed E-state index contributed by atoms with van der Waals surface area (Å²) < 4.78 is 17.3. The Morgan fingerprint density at radius 2 is 1.12 bits per heavy atom. The van der Waals surface area contributed by atoms with Crippen molar-refractivity contribution in [3.63, 3.8) is 0 Å². The van der Waals surface area contributed by atoms with Crippen molar-refractivity contribution in [2.75, 3.05) is 0 Å². The number of benzene rings is 9. The molecule has 0 aliphatic carbocycles. The molecule has 0 bridgehead atoms. The quantitative estimate of drug-likeness (QED) is 0.149. The molecule has 0 aliphatic rings. The molecule has 72 heavy (non-hydrogen) atoms. The number of fused-ring (bicyclic) bond motifs is 10. The van der Waals surface area contributed by atoms with E-state index < -0.39 is 0 Å². The van der Waals surface area contributed by atoms with Gasteiger partial charge in [-0.05, 0) is 12.1 Å². The zero-order valence-electron chi connectivity index (χ0n) is 40.0. The van der Waals surface area contributed by atoms with E-state index in [1.165, 1.54) is 49.3 Å². The minimum Gasteiger partial charge on any atom is -0.0570 e. The minimum atomic E-state index is -0.0827. The molecule has 6 nitrogen and oxygen atoms in total. The van der Waals surface area contributed by atoms with Gasteiger partial charge in [-0.1, -0.05) is 42.5 Å². The van der Waals surface area contributed by atoms with Crippen LogP contribution < -0.4 is 4.74 Å². The van der Waals surface area contributed by atoms with Crippen LogP contribution in [0.15, 0.2) is 200 Å². The van der Waals surface area contributed by atoms with Crippen LogP contribution in [-0.2, 0) is 24.8 Å². The molecule has 0 saturated carbocycles. The molecule has 0 fully saturated rings. The number of rotatable bonds is 7. The van der Waals surface area contributed by atoms with Crippen LogP contribution in [0.2, 0.25) is 0 Å². The average molecular weight is 1110 g/mol. The van der Waals surface area contributed by atoms with E-state index in [1.54, 1.807) is 0 Å². The van der Waals surface area contributed by atoms with Crippen molar-refractivity contribution in [2.24, 2.45) is 0 Å². The van der Waals surface area contributed by atoms with Crippen LogP contribution in [0, 0.1) is 22.9 Å². The van der Waals surface area contributed by atoms with Crippen LogP contribution in [0.25, 0.3) is 110 Å². The molecular formula is C65H45N5OPt-2. The zero-order chi connectivity index (χ0) is 48.4. The average Bonchev–Trinajstić information content (AvgIpc) is 4.12. The molecule has 5 aromatic heterocycles. The van der Waals surface area contributed by atoms with Crippen molar-refractivity contribution in [1.29, 1.82) is 0 Å². The first-order valence-electron chi connectivity index (χ1n) is 24.4. The molecular weight excluding hydrogens is 1060 g/mol. The maximum atomic E-state index is 6.94. The Labute approximate surface area is 427 Å². The first-order valence-corrected chi connectivity index (χ1v) is 25.5. The second-order valence-electron chi connectivity index (χ2n) is 19.8. The SMILES string of the molecule is Cc1ccc(-n2[c](=[Pt])n(-c3c(-c4ccccc4)cc(C(C)(C)C)cc3-c3ccccc3)c3ccccc32)[c-]c1Oc1[c-]c2c(cc1)c1cc3c4cccc5c6ccccc6n(c3cc1n2-c1ccccn1)c54. The fraction of sp³-hybridized carbons (Fsp3) is 0.0769. The van der Waals surface area contributed by atoms with E-state index >= 15 is 0 Å². The number of hydrogen-bond acceptors (Lipinski definition) is 2. The summed E-state index contributed by atoms with van der Waals surface area (Å²) in [4.78, 5) is 4.91. The van der Waals surface area contributed by atoms with Gasteiger partial charge in [-0.25, -0.2) is 0 Å². The number of nitrogens with zero attached hydrogens (tertiary/aromatic N) is 5. The van der Waals surface area contributed by atoms with Gasteiger partial charge < -0.3 is 4.40 Å². The normalized spacial score (nSPS) is 12.2. The summed E-state index contributed by atoms with van der Waals surface area (Å²) in [6, 6.07) is 77.2. The summed E-state index contributed by atoms with van der Waals surface area (Å²) >= 11 is 2.51. The van der Waals surface area contributed by atoms with E-state index in [0.29, 0.717) is 11.5 Å². The first-order chi connectivity index (χ1) is 35.2. The molecule has 14 aromatic rings. The molecule has 348 valence electrons. The van der Waals surface area contributed by atoms with Crippen LogP contribution in [0.1, 0.15) is 31.9 Å². The summed E-state index contributed by atoms with van der Waals surface area (Å²) in [7, 11) is 0. The van der Waals surface area contributed by atoms with E-state index in [1.807, 2.05) is 24.4 Å². The summed E-state index contributed by atoms with van der Waals surface area (Å²) in [6.45, 7) is 8.96. The minimum absolute atomic E-state index is 0.0827. The van der Waals surface area contributed by atoms with Crippen molar-refractivity contribution in [1.82, 2.24) is 23.1 Å². The first kappa shape index (κ1) is 42.6. The molecule has 0 unspecified atom stereocenters. The van der Waals surface area contributed by atoms with E-state index in [9.17, 15) is 0 Å². The standard InChI is InChI=1S/C65H45N5O.Pt/c1-41-29-30-45(67-40-68(57-27-14-13-26-56(57)67)63-51(42-18-7-5-8-19-42)34-44(65(2,3)4)35-52(63)43-20-9-6-10-21-43)36-61(41)71-46-31-32-48-53-38-54-50-24-17-23-49-47-22-11-12-25-55(47)70(64(49)50)60(54)39-59(53)69(58(48)37-46)62-28-15-16-33-66-62;/h5-35,38-39H,1-4H3;/q-2;. The number of ether oxygens (including phenoxy) is 1. The topological polar surface area (TPSA) is 41.3 Å². The summed E-state index contributed by atoms with van der Waals surface area (Å²) in [5, 5.41) is 7.21. The van der Waals surface area contributed by atoms with Gasteiger partial charge in [-0.15, -0.1) is 0 Å². The van der Waals surface area contributed by atoms with E-state index in [2.05, 4.69) is 253 Å². The number of aryl methyl sites for hydroxylation is 1. The third-order valence-electron chi connectivity index (χ3n) is 14.5. The number of para-hydroxylation sites is 4. The molecule has 0 spiro atoms. The fourth-order valence-electron chi connectivity index (χ4n) is 11.0. The zero-order valence-corrected chi connectivity index (χ0v) is 42.3. The predicted octanol–water partition coefficient (Wildman–Crippen LogP) is 16.5. The van der Waals surface area contributed by atoms with Crippen molar-refractivity contribution in [3.8, 4) is 50.9 Å². The van der Waals surface area contributed by atoms with Gasteiger partial charge in [0.2, 0.25) is 0 Å². The number of aromatic nitrogens is 5. The number of imidazole rings is 1. The van der Waals surface area contributed by atoms with Gasteiger partial charge in [-0.3, -0.25) is 0 Å². The molecule has 0 aliphatic heterocycles. The van der Waals surface area contributed by atoms with Crippen molar-refractivity contribution in [2.45, 2.75) is 33.1 Å². The molecule has 0 atom stereocenters. The Morgan fingerprint density at radius 3 is 1.82 bits per heavy atom. The third-order valence-corrected chi connectivity index (χ3v) is 15.5. The molecule has 0 radical (unpaired) electrons. The van der Waals surface area contributed by atoms with E-state index in [0.717, 1.165) is 76.0 Å². The van der Waals surface area contributed by atoms with Gasteiger partial charge in [-0.2, -0.15) is 0 Å². The van der Waals surface area contributed by atoms with Crippen LogP contribution in [0.4, 0.5) is 0 Å². The monoisotopic (exact) mass is 1110 g/mol. The third kappa shape index (κ3) is 6.45. The Balaban J connectivity index is 0.940. The van der Waals surface area contributed by atoms with Crippen LogP contribution in [-0.4, -0.2) is 23.1 Å². The second kappa shape index (κ2) is 16.1. The molecule has 14 rings (SSSR count). The Bertz CT molecular complexity index is 4480. The second-order valence-corrected chi connectivity index (χ2v) is 20.8. The molecule has 0 saturated heterocycles. The fourth-order valence-corrected chi connectivity index (χ4v) is 12.1. The number of hydrogen-bond donors (Lipinski definition) is 0. The van der Waals surface area contributed by atoms with Crippen LogP contribution in [0.3, 0.4) is 0 Å². The summed E-state index contributed by atoms with van der Waals surface area (Å²) in [5.41, 5.74) is 16.5. The van der Waals surface area contributed by atoms with Crippen molar-refractivity contribution in [3.05, 3.63) is 227 Å². The Hall–Kier alpha value is -8.31. The van der Waals surface area contributed by atoms with Crippen LogP contribution >= 0.6 is 0 Å². The molecule has 0 N–H and O–H groups in total. The summed E-state index contributed by atoms with van der Waals surface area (Å²) in [5.74, 6) is 2.04. The molecule has 5 heterocycles. The van der Waals surface area contributed by atoms with Crippen LogP contribution in [0.5, 0.6) is 11.5 Å². The smallest absolute Gasteiger partial charge is 0.0570 e. The van der Waals surface area contributed by atoms with E-state index in [-0.39, 0.29) is 5.41 Å². The van der Waals surface area contributed by atoms with Gasteiger partial charge in [0.25, 0.3) is 0 Å². The molecule has 9 aromatic carbocycles. The maximum absolute atomic E-state index is 6.94. The summed E-state index contributed by atoms with van der Waals surface area (Å²) in [6.07, 6.45) is 1.85. The Kier molecular flexibility index (Phi) is 9.52. The van der Waals surface area contributed by atoms with Gasteiger partial charge in [0, 0.05) is 27.7 Å². The van der Waals surface area contributed by atoms with Crippen molar-refractivity contribution >= 4 is 70.9 Å². The van der Waals surface area contributed by atoms with Crippen molar-refractivity contribution < 1.29 is 24.1 Å². The molecule has 0 amide bonds. The Morgan fingerprint density at radius 1 is 0.500 bits per heavy atom. The molecule has 7 heteroatoms.